The standard InChI is InChI=1S/C13H15FN2O3/c14-10-4-1-8(13(18)19)7-11(10)16-12(17)5-6-15-9-2-3-9/h1,4,7,9,15H,2-3,5-6H2,(H,16,17)(H,18,19). The Morgan fingerprint density at radius 1 is 1.37 bits per heavy atom. The van der Waals surface area contributed by atoms with Crippen LogP contribution in [0.2, 0.25) is 0 Å². The minimum atomic E-state index is -1.16. The van der Waals surface area contributed by atoms with Crippen LogP contribution in [0.4, 0.5) is 10.1 Å². The molecule has 3 N–H and O–H groups in total. The molecule has 1 aromatic rings. The largest absolute Gasteiger partial charge is 0.478 e. The monoisotopic (exact) mass is 266 g/mol. The summed E-state index contributed by atoms with van der Waals surface area (Å²) in [6.07, 6.45) is 2.50. The number of carboxylic acids is 1. The Kier molecular flexibility index (Phi) is 4.11. The highest BCUT2D eigenvalue weighted by Gasteiger charge is 2.20. The Bertz CT molecular complexity index is 501. The average Bonchev–Trinajstić information content (AvgIpc) is 3.15. The van der Waals surface area contributed by atoms with Crippen molar-refractivity contribution in [3.05, 3.63) is 29.6 Å². The van der Waals surface area contributed by atoms with Crippen molar-refractivity contribution >= 4 is 17.6 Å². The van der Waals surface area contributed by atoms with E-state index in [0.29, 0.717) is 12.6 Å². The fourth-order valence-electron chi connectivity index (χ4n) is 1.64. The maximum Gasteiger partial charge on any atom is 0.335 e. The van der Waals surface area contributed by atoms with Gasteiger partial charge in [0.25, 0.3) is 0 Å². The minimum Gasteiger partial charge on any atom is -0.478 e. The van der Waals surface area contributed by atoms with Gasteiger partial charge in [-0.3, -0.25) is 4.79 Å². The molecule has 0 saturated heterocycles. The highest BCUT2D eigenvalue weighted by molar-refractivity contribution is 5.94. The lowest BCUT2D eigenvalue weighted by atomic mass is 10.2. The number of anilines is 1. The van der Waals surface area contributed by atoms with Gasteiger partial charge in [0.2, 0.25) is 5.91 Å². The Morgan fingerprint density at radius 3 is 2.74 bits per heavy atom. The summed E-state index contributed by atoms with van der Waals surface area (Å²) in [5.74, 6) is -2.14. The first-order valence-electron chi connectivity index (χ1n) is 6.12. The zero-order chi connectivity index (χ0) is 13.8. The van der Waals surface area contributed by atoms with Crippen LogP contribution in [0.25, 0.3) is 0 Å². The number of carbonyl (C=O) groups excluding carboxylic acids is 1. The third-order valence-corrected chi connectivity index (χ3v) is 2.85. The zero-order valence-electron chi connectivity index (χ0n) is 10.3. The van der Waals surface area contributed by atoms with Crippen LogP contribution in [0.15, 0.2) is 18.2 Å². The summed E-state index contributed by atoms with van der Waals surface area (Å²) in [7, 11) is 0. The van der Waals surface area contributed by atoms with E-state index in [0.717, 1.165) is 31.0 Å². The highest BCUT2D eigenvalue weighted by Crippen LogP contribution is 2.19. The number of nitrogens with one attached hydrogen (secondary N) is 2. The van der Waals surface area contributed by atoms with Gasteiger partial charge in [0.05, 0.1) is 11.3 Å². The van der Waals surface area contributed by atoms with E-state index in [1.54, 1.807) is 0 Å². The second kappa shape index (κ2) is 5.79. The number of aromatic carboxylic acids is 1. The van der Waals surface area contributed by atoms with Crippen molar-refractivity contribution < 1.29 is 19.1 Å². The van der Waals surface area contributed by atoms with Crippen LogP contribution in [-0.2, 0) is 4.79 Å². The fourth-order valence-corrected chi connectivity index (χ4v) is 1.64. The molecule has 0 spiro atoms. The first kappa shape index (κ1) is 13.5. The predicted octanol–water partition coefficient (Wildman–Crippen LogP) is 1.60. The van der Waals surface area contributed by atoms with Crippen molar-refractivity contribution in [1.82, 2.24) is 5.32 Å². The third-order valence-electron chi connectivity index (χ3n) is 2.85. The SMILES string of the molecule is O=C(CCNC1CC1)Nc1cc(C(=O)O)ccc1F. The van der Waals surface area contributed by atoms with Crippen LogP contribution in [0.5, 0.6) is 0 Å². The van der Waals surface area contributed by atoms with Crippen LogP contribution in [0.3, 0.4) is 0 Å². The van der Waals surface area contributed by atoms with Gasteiger partial charge >= 0.3 is 5.97 Å². The number of hydrogen-bond donors (Lipinski definition) is 3. The lowest BCUT2D eigenvalue weighted by Gasteiger charge is -2.07. The molecule has 1 saturated carbocycles. The molecule has 6 heteroatoms. The molecule has 0 heterocycles. The summed E-state index contributed by atoms with van der Waals surface area (Å²) < 4.78 is 13.4. The zero-order valence-corrected chi connectivity index (χ0v) is 10.3. The lowest BCUT2D eigenvalue weighted by molar-refractivity contribution is -0.116. The molecule has 1 fully saturated rings. The van der Waals surface area contributed by atoms with Crippen molar-refractivity contribution in [2.24, 2.45) is 0 Å². The lowest BCUT2D eigenvalue weighted by Crippen LogP contribution is -2.23. The molecule has 0 bridgehead atoms. The van der Waals surface area contributed by atoms with Crippen LogP contribution in [0, 0.1) is 5.82 Å². The van der Waals surface area contributed by atoms with E-state index in [1.807, 2.05) is 0 Å². The van der Waals surface area contributed by atoms with E-state index in [1.165, 1.54) is 0 Å². The quantitative estimate of drug-likeness (QED) is 0.731. The molecule has 1 aliphatic rings. The molecule has 19 heavy (non-hydrogen) atoms. The molecule has 0 aliphatic heterocycles. The smallest absolute Gasteiger partial charge is 0.335 e. The van der Waals surface area contributed by atoms with Gasteiger partial charge in [0, 0.05) is 19.0 Å². The van der Waals surface area contributed by atoms with Crippen molar-refractivity contribution in [1.29, 1.82) is 0 Å². The first-order chi connectivity index (χ1) is 9.06. The first-order valence-corrected chi connectivity index (χ1v) is 6.12. The summed E-state index contributed by atoms with van der Waals surface area (Å²) in [4.78, 5) is 22.3. The number of halogens is 1. The van der Waals surface area contributed by atoms with E-state index in [2.05, 4.69) is 10.6 Å². The molecule has 0 radical (unpaired) electrons. The molecule has 2 rings (SSSR count). The molecule has 5 nitrogen and oxygen atoms in total. The summed E-state index contributed by atoms with van der Waals surface area (Å²) >= 11 is 0. The van der Waals surface area contributed by atoms with Crippen molar-refractivity contribution in [2.45, 2.75) is 25.3 Å². The van der Waals surface area contributed by atoms with Gasteiger partial charge < -0.3 is 15.7 Å². The van der Waals surface area contributed by atoms with Crippen molar-refractivity contribution in [2.75, 3.05) is 11.9 Å². The van der Waals surface area contributed by atoms with Gasteiger partial charge in [-0.15, -0.1) is 0 Å². The van der Waals surface area contributed by atoms with Gasteiger partial charge in [0.1, 0.15) is 5.82 Å². The molecule has 1 aliphatic carbocycles. The number of carboxylic acid groups (broad SMARTS) is 1. The Morgan fingerprint density at radius 2 is 2.11 bits per heavy atom. The van der Waals surface area contributed by atoms with Gasteiger partial charge in [-0.1, -0.05) is 0 Å². The predicted molar refractivity (Wildman–Crippen MR) is 67.6 cm³/mol. The molecular weight excluding hydrogens is 251 g/mol. The van der Waals surface area contributed by atoms with E-state index in [-0.39, 0.29) is 23.6 Å². The second-order valence-corrected chi connectivity index (χ2v) is 4.53. The minimum absolute atomic E-state index is 0.0622. The number of carbonyl (C=O) groups is 2. The number of hydrogen-bond acceptors (Lipinski definition) is 3. The van der Waals surface area contributed by atoms with Crippen LogP contribution in [0.1, 0.15) is 29.6 Å². The van der Waals surface area contributed by atoms with Gasteiger partial charge in [0.15, 0.2) is 0 Å². The summed E-state index contributed by atoms with van der Waals surface area (Å²) in [5.41, 5.74) is -0.163. The Balaban J connectivity index is 1.90. The summed E-state index contributed by atoms with van der Waals surface area (Å²) in [5, 5.41) is 14.3. The molecule has 0 aromatic heterocycles. The van der Waals surface area contributed by atoms with E-state index in [9.17, 15) is 14.0 Å². The number of benzene rings is 1. The molecular formula is C13H15FN2O3. The molecule has 0 unspecified atom stereocenters. The van der Waals surface area contributed by atoms with Crippen molar-refractivity contribution in [3.8, 4) is 0 Å². The van der Waals surface area contributed by atoms with E-state index >= 15 is 0 Å². The summed E-state index contributed by atoms with van der Waals surface area (Å²) in [6, 6.07) is 3.81. The van der Waals surface area contributed by atoms with Crippen molar-refractivity contribution in [3.63, 3.8) is 0 Å². The third kappa shape index (κ3) is 4.03. The normalized spacial score (nSPS) is 14.2. The number of rotatable bonds is 6. The topological polar surface area (TPSA) is 78.4 Å². The average molecular weight is 266 g/mol. The fraction of sp³-hybridized carbons (Fsp3) is 0.385. The molecule has 102 valence electrons. The Labute approximate surface area is 109 Å². The van der Waals surface area contributed by atoms with Gasteiger partial charge in [-0.05, 0) is 31.0 Å². The second-order valence-electron chi connectivity index (χ2n) is 4.53. The van der Waals surface area contributed by atoms with E-state index < -0.39 is 11.8 Å². The van der Waals surface area contributed by atoms with E-state index in [4.69, 9.17) is 5.11 Å². The maximum atomic E-state index is 13.4. The number of amides is 1. The van der Waals surface area contributed by atoms with Crippen LogP contribution < -0.4 is 10.6 Å². The van der Waals surface area contributed by atoms with Crippen LogP contribution >= 0.6 is 0 Å². The summed E-state index contributed by atoms with van der Waals surface area (Å²) in [6.45, 7) is 0.538. The van der Waals surface area contributed by atoms with Gasteiger partial charge in [-0.25, -0.2) is 9.18 Å². The van der Waals surface area contributed by atoms with Crippen LogP contribution in [-0.4, -0.2) is 29.6 Å². The van der Waals surface area contributed by atoms with Gasteiger partial charge in [-0.2, -0.15) is 0 Å². The Hall–Kier alpha value is -1.95. The highest BCUT2D eigenvalue weighted by atomic mass is 19.1. The molecule has 1 aromatic carbocycles. The maximum absolute atomic E-state index is 13.4. The molecule has 1 amide bonds. The molecule has 0 atom stereocenters.